The highest BCUT2D eigenvalue weighted by molar-refractivity contribution is 5.78. The van der Waals surface area contributed by atoms with E-state index in [0.717, 1.165) is 25.7 Å². The van der Waals surface area contributed by atoms with Crippen molar-refractivity contribution in [2.45, 2.75) is 37.7 Å². The van der Waals surface area contributed by atoms with E-state index < -0.39 is 11.6 Å². The van der Waals surface area contributed by atoms with E-state index in [9.17, 15) is 9.90 Å². The molecule has 0 amide bonds. The molecule has 0 aromatic rings. The van der Waals surface area contributed by atoms with Gasteiger partial charge in [-0.2, -0.15) is 0 Å². The average molecular weight is 196 g/mol. The molecule has 78 valence electrons. The van der Waals surface area contributed by atoms with Crippen molar-refractivity contribution in [3.8, 4) is 0 Å². The number of hydrogen-bond acceptors (Lipinski definition) is 2. The van der Waals surface area contributed by atoms with Crippen molar-refractivity contribution in [1.82, 2.24) is 0 Å². The van der Waals surface area contributed by atoms with Gasteiger partial charge in [0.2, 0.25) is 0 Å². The predicted molar refractivity (Wildman–Crippen MR) is 49.6 cm³/mol. The van der Waals surface area contributed by atoms with Gasteiger partial charge in [-0.1, -0.05) is 0 Å². The third-order valence-corrected chi connectivity index (χ3v) is 4.73. The molecule has 4 fully saturated rings. The predicted octanol–water partition coefficient (Wildman–Crippen LogP) is 1.26. The van der Waals surface area contributed by atoms with E-state index in [2.05, 4.69) is 0 Å². The van der Waals surface area contributed by atoms with Gasteiger partial charge in [0.1, 0.15) is 0 Å². The molecule has 4 aliphatic carbocycles. The molecular formula is C11H16O3. The number of carboxylic acid groups (broad SMARTS) is 1. The second-order valence-corrected chi connectivity index (χ2v) is 5.43. The van der Waals surface area contributed by atoms with Gasteiger partial charge in [-0.3, -0.25) is 0 Å². The van der Waals surface area contributed by atoms with Crippen LogP contribution in [0.3, 0.4) is 0 Å². The lowest BCUT2D eigenvalue weighted by molar-refractivity contribution is -0.203. The largest absolute Gasteiger partial charge is 0.479 e. The Bertz CT molecular complexity index is 256. The molecule has 3 nitrogen and oxygen atoms in total. The summed E-state index contributed by atoms with van der Waals surface area (Å²) < 4.78 is 0. The van der Waals surface area contributed by atoms with Gasteiger partial charge in [-0.05, 0) is 55.8 Å². The standard InChI is InChI=1S/C11H16O3/c12-10(13)11(14)8-2-6-1-7(4-8)5-9(11)3-6/h6-9,14H,1-5H2,(H,12,13). The molecule has 2 N–H and O–H groups in total. The Morgan fingerprint density at radius 3 is 1.79 bits per heavy atom. The second-order valence-electron chi connectivity index (χ2n) is 5.43. The molecule has 4 rings (SSSR count). The topological polar surface area (TPSA) is 57.5 Å². The summed E-state index contributed by atoms with van der Waals surface area (Å²) >= 11 is 0. The normalized spacial score (nSPS) is 54.9. The van der Waals surface area contributed by atoms with Crippen molar-refractivity contribution >= 4 is 5.97 Å². The molecule has 0 atom stereocenters. The minimum atomic E-state index is -1.38. The van der Waals surface area contributed by atoms with Gasteiger partial charge >= 0.3 is 5.97 Å². The maximum atomic E-state index is 11.2. The Balaban J connectivity index is 1.98. The smallest absolute Gasteiger partial charge is 0.336 e. The van der Waals surface area contributed by atoms with E-state index in [1.807, 2.05) is 0 Å². The molecule has 4 saturated carbocycles. The zero-order valence-electron chi connectivity index (χ0n) is 8.15. The molecule has 0 aromatic carbocycles. The maximum Gasteiger partial charge on any atom is 0.336 e. The SMILES string of the molecule is O=C(O)C1(O)C2CC3CC(C2)CC1C3. The summed E-state index contributed by atoms with van der Waals surface area (Å²) in [5, 5.41) is 19.4. The second kappa shape index (κ2) is 2.51. The molecule has 0 radical (unpaired) electrons. The number of rotatable bonds is 1. The van der Waals surface area contributed by atoms with Crippen molar-refractivity contribution in [2.75, 3.05) is 0 Å². The highest BCUT2D eigenvalue weighted by Crippen LogP contribution is 2.58. The van der Waals surface area contributed by atoms with Crippen LogP contribution in [0, 0.1) is 23.7 Å². The van der Waals surface area contributed by atoms with Crippen molar-refractivity contribution in [3.05, 3.63) is 0 Å². The van der Waals surface area contributed by atoms with Crippen LogP contribution in [0.1, 0.15) is 32.1 Å². The molecule has 0 aromatic heterocycles. The van der Waals surface area contributed by atoms with E-state index in [1.54, 1.807) is 0 Å². The Kier molecular flexibility index (Phi) is 1.56. The first-order valence-corrected chi connectivity index (χ1v) is 5.56. The summed E-state index contributed by atoms with van der Waals surface area (Å²) in [5.74, 6) is 0.507. The monoisotopic (exact) mass is 196 g/mol. The van der Waals surface area contributed by atoms with Crippen LogP contribution in [0.4, 0.5) is 0 Å². The van der Waals surface area contributed by atoms with Gasteiger partial charge in [0.05, 0.1) is 0 Å². The zero-order valence-corrected chi connectivity index (χ0v) is 8.15. The maximum absolute atomic E-state index is 11.2. The lowest BCUT2D eigenvalue weighted by Crippen LogP contribution is -2.61. The molecule has 3 heteroatoms. The lowest BCUT2D eigenvalue weighted by Gasteiger charge is -2.56. The van der Waals surface area contributed by atoms with Crippen LogP contribution < -0.4 is 0 Å². The van der Waals surface area contributed by atoms with Crippen molar-refractivity contribution < 1.29 is 15.0 Å². The highest BCUT2D eigenvalue weighted by atomic mass is 16.4. The van der Waals surface area contributed by atoms with Gasteiger partial charge in [0.15, 0.2) is 5.60 Å². The number of carbonyl (C=O) groups is 1. The first-order chi connectivity index (χ1) is 6.60. The molecular weight excluding hydrogens is 180 g/mol. The summed E-state index contributed by atoms with van der Waals surface area (Å²) in [7, 11) is 0. The zero-order chi connectivity index (χ0) is 9.92. The minimum absolute atomic E-state index is 0.0382. The number of hydrogen-bond donors (Lipinski definition) is 2. The molecule has 0 spiro atoms. The minimum Gasteiger partial charge on any atom is -0.479 e. The van der Waals surface area contributed by atoms with Crippen LogP contribution in [-0.2, 0) is 4.79 Å². The van der Waals surface area contributed by atoms with Gasteiger partial charge in [-0.15, -0.1) is 0 Å². The summed E-state index contributed by atoms with van der Waals surface area (Å²) in [6.07, 6.45) is 5.04. The van der Waals surface area contributed by atoms with Crippen LogP contribution in [0.25, 0.3) is 0 Å². The van der Waals surface area contributed by atoms with Gasteiger partial charge < -0.3 is 10.2 Å². The number of carboxylic acids is 1. The fourth-order valence-electron chi connectivity index (χ4n) is 4.25. The summed E-state index contributed by atoms with van der Waals surface area (Å²) in [6.45, 7) is 0. The Morgan fingerprint density at radius 1 is 1.00 bits per heavy atom. The Hall–Kier alpha value is -0.570. The fourth-order valence-corrected chi connectivity index (χ4v) is 4.25. The summed E-state index contributed by atoms with van der Waals surface area (Å²) in [6, 6.07) is 0. The van der Waals surface area contributed by atoms with Gasteiger partial charge in [0.25, 0.3) is 0 Å². The van der Waals surface area contributed by atoms with Crippen molar-refractivity contribution in [2.24, 2.45) is 23.7 Å². The molecule has 4 aliphatic rings. The van der Waals surface area contributed by atoms with E-state index in [4.69, 9.17) is 5.11 Å². The molecule has 0 saturated heterocycles. The van der Waals surface area contributed by atoms with E-state index in [0.29, 0.717) is 11.8 Å². The third-order valence-electron chi connectivity index (χ3n) is 4.73. The Labute approximate surface area is 83.1 Å². The van der Waals surface area contributed by atoms with Crippen LogP contribution in [-0.4, -0.2) is 21.8 Å². The number of aliphatic carboxylic acids is 1. The molecule has 0 aliphatic heterocycles. The van der Waals surface area contributed by atoms with E-state index >= 15 is 0 Å². The van der Waals surface area contributed by atoms with Gasteiger partial charge in [-0.25, -0.2) is 4.79 Å². The number of aliphatic hydroxyl groups is 1. The molecule has 14 heavy (non-hydrogen) atoms. The average Bonchev–Trinajstić information content (AvgIpc) is 2.12. The quantitative estimate of drug-likeness (QED) is 0.663. The van der Waals surface area contributed by atoms with Gasteiger partial charge in [0, 0.05) is 0 Å². The van der Waals surface area contributed by atoms with Crippen LogP contribution >= 0.6 is 0 Å². The van der Waals surface area contributed by atoms with E-state index in [1.165, 1.54) is 6.42 Å². The highest BCUT2D eigenvalue weighted by Gasteiger charge is 2.60. The first-order valence-electron chi connectivity index (χ1n) is 5.56. The summed E-state index contributed by atoms with van der Waals surface area (Å²) in [4.78, 5) is 11.2. The van der Waals surface area contributed by atoms with Crippen molar-refractivity contribution in [3.63, 3.8) is 0 Å². The van der Waals surface area contributed by atoms with Crippen LogP contribution in [0.15, 0.2) is 0 Å². The summed E-state index contributed by atoms with van der Waals surface area (Å²) in [5.41, 5.74) is -1.38. The third kappa shape index (κ3) is 0.888. The lowest BCUT2D eigenvalue weighted by atomic mass is 9.50. The molecule has 0 heterocycles. The fraction of sp³-hybridized carbons (Fsp3) is 0.909. The van der Waals surface area contributed by atoms with Crippen molar-refractivity contribution in [1.29, 1.82) is 0 Å². The molecule has 4 bridgehead atoms. The first kappa shape index (κ1) is 8.72. The van der Waals surface area contributed by atoms with Crippen LogP contribution in [0.2, 0.25) is 0 Å². The molecule has 0 unspecified atom stereocenters. The van der Waals surface area contributed by atoms with Crippen LogP contribution in [0.5, 0.6) is 0 Å². The Morgan fingerprint density at radius 2 is 1.43 bits per heavy atom. The van der Waals surface area contributed by atoms with E-state index in [-0.39, 0.29) is 11.8 Å².